The standard InChI is InChI=1S/C12H16ClN3O/c13-11-8(4-3-7-15-11)12(17)16-10-6-2-1-5-9(10)14/h3-4,7,9-10H,1-2,5-6,14H2,(H,16,17)/t9-,10-/m0/s1. The van der Waals surface area contributed by atoms with Gasteiger partial charge in [0.25, 0.3) is 5.91 Å². The number of rotatable bonds is 2. The molecule has 0 bridgehead atoms. The van der Waals surface area contributed by atoms with Crippen LogP contribution in [0.25, 0.3) is 0 Å². The van der Waals surface area contributed by atoms with E-state index in [1.165, 1.54) is 0 Å². The first-order valence-corrected chi connectivity index (χ1v) is 6.23. The van der Waals surface area contributed by atoms with Crippen molar-refractivity contribution in [2.45, 2.75) is 37.8 Å². The lowest BCUT2D eigenvalue weighted by molar-refractivity contribution is 0.0921. The van der Waals surface area contributed by atoms with Crippen molar-refractivity contribution in [3.05, 3.63) is 29.0 Å². The molecule has 92 valence electrons. The molecule has 0 saturated heterocycles. The van der Waals surface area contributed by atoms with Crippen LogP contribution >= 0.6 is 11.6 Å². The molecule has 0 spiro atoms. The van der Waals surface area contributed by atoms with E-state index < -0.39 is 0 Å². The van der Waals surface area contributed by atoms with Crippen LogP contribution in [0.3, 0.4) is 0 Å². The van der Waals surface area contributed by atoms with Crippen LogP contribution in [-0.2, 0) is 0 Å². The van der Waals surface area contributed by atoms with Crippen molar-refractivity contribution >= 4 is 17.5 Å². The number of nitrogens with one attached hydrogen (secondary N) is 1. The van der Waals surface area contributed by atoms with Gasteiger partial charge in [-0.3, -0.25) is 4.79 Å². The van der Waals surface area contributed by atoms with Gasteiger partial charge < -0.3 is 11.1 Å². The quantitative estimate of drug-likeness (QED) is 0.789. The van der Waals surface area contributed by atoms with Crippen LogP contribution in [0.4, 0.5) is 0 Å². The summed E-state index contributed by atoms with van der Waals surface area (Å²) in [6.07, 6.45) is 5.71. The van der Waals surface area contributed by atoms with E-state index in [2.05, 4.69) is 10.3 Å². The van der Waals surface area contributed by atoms with Crippen molar-refractivity contribution in [3.8, 4) is 0 Å². The Morgan fingerprint density at radius 2 is 2.24 bits per heavy atom. The van der Waals surface area contributed by atoms with E-state index in [0.29, 0.717) is 5.56 Å². The van der Waals surface area contributed by atoms with Gasteiger partial charge >= 0.3 is 0 Å². The second-order valence-electron chi connectivity index (χ2n) is 4.37. The highest BCUT2D eigenvalue weighted by Crippen LogP contribution is 2.18. The average molecular weight is 254 g/mol. The second-order valence-corrected chi connectivity index (χ2v) is 4.73. The number of hydrogen-bond acceptors (Lipinski definition) is 3. The molecule has 1 aromatic heterocycles. The fourth-order valence-corrected chi connectivity index (χ4v) is 2.35. The molecular weight excluding hydrogens is 238 g/mol. The largest absolute Gasteiger partial charge is 0.348 e. The molecule has 1 heterocycles. The Balaban J connectivity index is 2.04. The zero-order valence-corrected chi connectivity index (χ0v) is 10.3. The first-order valence-electron chi connectivity index (χ1n) is 5.85. The monoisotopic (exact) mass is 253 g/mol. The summed E-state index contributed by atoms with van der Waals surface area (Å²) in [6, 6.07) is 3.45. The molecule has 17 heavy (non-hydrogen) atoms. The third-order valence-electron chi connectivity index (χ3n) is 3.14. The zero-order chi connectivity index (χ0) is 12.3. The Morgan fingerprint density at radius 1 is 1.47 bits per heavy atom. The molecule has 1 saturated carbocycles. The highest BCUT2D eigenvalue weighted by Gasteiger charge is 2.24. The summed E-state index contributed by atoms with van der Waals surface area (Å²) in [5.74, 6) is -0.189. The van der Waals surface area contributed by atoms with Crippen LogP contribution in [0.2, 0.25) is 5.15 Å². The molecule has 2 atom stereocenters. The SMILES string of the molecule is N[C@H]1CCCC[C@@H]1NC(=O)c1cccnc1Cl. The number of carbonyl (C=O) groups is 1. The summed E-state index contributed by atoms with van der Waals surface area (Å²) in [5.41, 5.74) is 6.39. The molecule has 0 aliphatic heterocycles. The number of halogens is 1. The van der Waals surface area contributed by atoms with E-state index in [1.807, 2.05) is 0 Å². The second kappa shape index (κ2) is 5.47. The lowest BCUT2D eigenvalue weighted by atomic mass is 9.91. The molecule has 0 unspecified atom stereocenters. The zero-order valence-electron chi connectivity index (χ0n) is 9.53. The number of nitrogens with zero attached hydrogens (tertiary/aromatic N) is 1. The van der Waals surface area contributed by atoms with Gasteiger partial charge in [-0.05, 0) is 25.0 Å². The van der Waals surface area contributed by atoms with Gasteiger partial charge in [-0.2, -0.15) is 0 Å². The minimum Gasteiger partial charge on any atom is -0.348 e. The minimum absolute atomic E-state index is 0.0446. The maximum Gasteiger partial charge on any atom is 0.254 e. The molecule has 4 nitrogen and oxygen atoms in total. The summed E-state index contributed by atoms with van der Waals surface area (Å²) in [4.78, 5) is 15.9. The van der Waals surface area contributed by atoms with Gasteiger partial charge in [0.2, 0.25) is 0 Å². The van der Waals surface area contributed by atoms with Crippen LogP contribution in [-0.4, -0.2) is 23.0 Å². The molecule has 0 aromatic carbocycles. The fraction of sp³-hybridized carbons (Fsp3) is 0.500. The number of aromatic nitrogens is 1. The van der Waals surface area contributed by atoms with E-state index in [4.69, 9.17) is 17.3 Å². The van der Waals surface area contributed by atoms with Crippen LogP contribution in [0.1, 0.15) is 36.0 Å². The lowest BCUT2D eigenvalue weighted by Gasteiger charge is -2.29. The van der Waals surface area contributed by atoms with E-state index >= 15 is 0 Å². The van der Waals surface area contributed by atoms with Gasteiger partial charge in [0.15, 0.2) is 0 Å². The third-order valence-corrected chi connectivity index (χ3v) is 3.44. The highest BCUT2D eigenvalue weighted by molar-refractivity contribution is 6.32. The summed E-state index contributed by atoms with van der Waals surface area (Å²) >= 11 is 5.87. The Bertz CT molecular complexity index is 410. The summed E-state index contributed by atoms with van der Waals surface area (Å²) < 4.78 is 0. The maximum absolute atomic E-state index is 12.0. The summed E-state index contributed by atoms with van der Waals surface area (Å²) in [5, 5.41) is 3.17. The van der Waals surface area contributed by atoms with Crippen molar-refractivity contribution in [2.75, 3.05) is 0 Å². The van der Waals surface area contributed by atoms with Gasteiger partial charge in [-0.1, -0.05) is 24.4 Å². The van der Waals surface area contributed by atoms with Crippen LogP contribution in [0.15, 0.2) is 18.3 Å². The van der Waals surface area contributed by atoms with Crippen LogP contribution < -0.4 is 11.1 Å². The van der Waals surface area contributed by atoms with E-state index in [-0.39, 0.29) is 23.1 Å². The topological polar surface area (TPSA) is 68.0 Å². The highest BCUT2D eigenvalue weighted by atomic mass is 35.5. The molecule has 3 N–H and O–H groups in total. The normalized spacial score (nSPS) is 24.4. The maximum atomic E-state index is 12.0. The van der Waals surface area contributed by atoms with Crippen molar-refractivity contribution in [2.24, 2.45) is 5.73 Å². The summed E-state index contributed by atoms with van der Waals surface area (Å²) in [7, 11) is 0. The Kier molecular flexibility index (Phi) is 3.97. The number of hydrogen-bond donors (Lipinski definition) is 2. The van der Waals surface area contributed by atoms with Gasteiger partial charge in [-0.15, -0.1) is 0 Å². The van der Waals surface area contributed by atoms with Gasteiger partial charge in [0.1, 0.15) is 5.15 Å². The van der Waals surface area contributed by atoms with E-state index in [1.54, 1.807) is 18.3 Å². The molecule has 2 rings (SSSR count). The molecule has 1 aromatic rings. The Labute approximate surface area is 106 Å². The third kappa shape index (κ3) is 2.96. The average Bonchev–Trinajstić information content (AvgIpc) is 2.32. The lowest BCUT2D eigenvalue weighted by Crippen LogP contribution is -2.49. The predicted octanol–water partition coefficient (Wildman–Crippen LogP) is 1.73. The Hall–Kier alpha value is -1.13. The van der Waals surface area contributed by atoms with Crippen molar-refractivity contribution in [1.82, 2.24) is 10.3 Å². The van der Waals surface area contributed by atoms with Crippen LogP contribution in [0.5, 0.6) is 0 Å². The number of nitrogens with two attached hydrogens (primary N) is 1. The van der Waals surface area contributed by atoms with E-state index in [0.717, 1.165) is 25.7 Å². The molecule has 1 fully saturated rings. The van der Waals surface area contributed by atoms with Crippen molar-refractivity contribution in [1.29, 1.82) is 0 Å². The van der Waals surface area contributed by atoms with Crippen molar-refractivity contribution < 1.29 is 4.79 Å². The number of pyridine rings is 1. The van der Waals surface area contributed by atoms with Gasteiger partial charge in [0.05, 0.1) is 5.56 Å². The van der Waals surface area contributed by atoms with Crippen LogP contribution in [0, 0.1) is 0 Å². The smallest absolute Gasteiger partial charge is 0.254 e. The van der Waals surface area contributed by atoms with E-state index in [9.17, 15) is 4.79 Å². The Morgan fingerprint density at radius 3 is 2.94 bits per heavy atom. The molecule has 1 aliphatic rings. The molecule has 5 heteroatoms. The minimum atomic E-state index is -0.189. The van der Waals surface area contributed by atoms with Gasteiger partial charge in [-0.25, -0.2) is 4.98 Å². The molecule has 0 radical (unpaired) electrons. The fourth-order valence-electron chi connectivity index (χ4n) is 2.14. The first-order chi connectivity index (χ1) is 8.18. The molecular formula is C12H16ClN3O. The van der Waals surface area contributed by atoms with Gasteiger partial charge in [0, 0.05) is 18.3 Å². The first kappa shape index (κ1) is 12.3. The van der Waals surface area contributed by atoms with Crippen molar-refractivity contribution in [3.63, 3.8) is 0 Å². The number of amides is 1. The molecule has 1 amide bonds. The molecule has 1 aliphatic carbocycles. The predicted molar refractivity (Wildman–Crippen MR) is 66.9 cm³/mol. The number of carbonyl (C=O) groups excluding carboxylic acids is 1. The summed E-state index contributed by atoms with van der Waals surface area (Å²) in [6.45, 7) is 0.